The summed E-state index contributed by atoms with van der Waals surface area (Å²) in [6, 6.07) is 7.30. The zero-order valence-electron chi connectivity index (χ0n) is 14.7. The molecule has 1 aliphatic carbocycles. The molecule has 1 N–H and O–H groups in total. The van der Waals surface area contributed by atoms with Crippen LogP contribution >= 0.6 is 0 Å². The Labute approximate surface area is 147 Å². The monoisotopic (exact) mass is 347 g/mol. The van der Waals surface area contributed by atoms with Crippen molar-refractivity contribution in [2.45, 2.75) is 57.8 Å². The molecule has 1 aromatic rings. The fraction of sp³-hybridized carbons (Fsp3) is 0.579. The van der Waals surface area contributed by atoms with E-state index in [1.54, 1.807) is 25.1 Å². The lowest BCUT2D eigenvalue weighted by molar-refractivity contribution is -0.164. The number of rotatable bonds is 4. The van der Waals surface area contributed by atoms with Crippen molar-refractivity contribution in [3.8, 4) is 11.5 Å². The molecule has 0 aromatic heterocycles. The number of amides is 1. The molecule has 0 radical (unpaired) electrons. The molecule has 2 aliphatic rings. The lowest BCUT2D eigenvalue weighted by atomic mass is 9.86. The molecule has 0 saturated heterocycles. The first-order chi connectivity index (χ1) is 12.0. The van der Waals surface area contributed by atoms with Gasteiger partial charge in [0.25, 0.3) is 5.91 Å². The van der Waals surface area contributed by atoms with Crippen molar-refractivity contribution >= 4 is 11.9 Å². The average molecular weight is 347 g/mol. The predicted octanol–water partition coefficient (Wildman–Crippen LogP) is 2.45. The second-order valence-corrected chi connectivity index (χ2v) is 6.82. The summed E-state index contributed by atoms with van der Waals surface area (Å²) in [6.45, 7) is 3.80. The molecule has 4 atom stereocenters. The highest BCUT2D eigenvalue weighted by atomic mass is 16.6. The van der Waals surface area contributed by atoms with E-state index in [0.29, 0.717) is 17.4 Å². The predicted molar refractivity (Wildman–Crippen MR) is 91.5 cm³/mol. The molecule has 3 rings (SSSR count). The third-order valence-corrected chi connectivity index (χ3v) is 4.87. The molecule has 1 aliphatic heterocycles. The Balaban J connectivity index is 1.51. The normalized spacial score (nSPS) is 26.4. The van der Waals surface area contributed by atoms with Crippen molar-refractivity contribution in [1.82, 2.24) is 5.32 Å². The van der Waals surface area contributed by atoms with Gasteiger partial charge in [-0.3, -0.25) is 4.79 Å². The molecule has 6 heteroatoms. The molecular formula is C19H25NO5. The highest BCUT2D eigenvalue weighted by Gasteiger charge is 2.32. The fourth-order valence-corrected chi connectivity index (χ4v) is 3.27. The maximum atomic E-state index is 12.3. The van der Waals surface area contributed by atoms with Crippen LogP contribution in [0.3, 0.4) is 0 Å². The van der Waals surface area contributed by atoms with Gasteiger partial charge in [0.1, 0.15) is 6.61 Å². The summed E-state index contributed by atoms with van der Waals surface area (Å²) in [5, 5.41) is 3.00. The van der Waals surface area contributed by atoms with Gasteiger partial charge in [0, 0.05) is 6.04 Å². The van der Waals surface area contributed by atoms with Crippen molar-refractivity contribution in [3.05, 3.63) is 24.3 Å². The van der Waals surface area contributed by atoms with Crippen LogP contribution in [0.1, 0.15) is 39.5 Å². The van der Waals surface area contributed by atoms with E-state index in [9.17, 15) is 9.59 Å². The maximum absolute atomic E-state index is 12.3. The van der Waals surface area contributed by atoms with Crippen LogP contribution in [0.2, 0.25) is 0 Å². The molecule has 136 valence electrons. The zero-order chi connectivity index (χ0) is 17.8. The molecule has 6 nitrogen and oxygen atoms in total. The van der Waals surface area contributed by atoms with Crippen LogP contribution in [-0.2, 0) is 14.3 Å². The average Bonchev–Trinajstić information content (AvgIpc) is 2.63. The fourth-order valence-electron chi connectivity index (χ4n) is 3.27. The van der Waals surface area contributed by atoms with E-state index >= 15 is 0 Å². The van der Waals surface area contributed by atoms with Gasteiger partial charge in [0.15, 0.2) is 17.6 Å². The second-order valence-electron chi connectivity index (χ2n) is 6.82. The number of hydrogen-bond acceptors (Lipinski definition) is 5. The lowest BCUT2D eigenvalue weighted by Gasteiger charge is -2.30. The Kier molecular flexibility index (Phi) is 5.46. The van der Waals surface area contributed by atoms with Gasteiger partial charge in [0.05, 0.1) is 0 Å². The number of benzene rings is 1. The number of ether oxygens (including phenoxy) is 3. The highest BCUT2D eigenvalue weighted by molar-refractivity contribution is 5.85. The summed E-state index contributed by atoms with van der Waals surface area (Å²) < 4.78 is 16.4. The van der Waals surface area contributed by atoms with Gasteiger partial charge in [-0.1, -0.05) is 31.9 Å². The highest BCUT2D eigenvalue weighted by Crippen LogP contribution is 2.31. The number of hydrogen-bond donors (Lipinski definition) is 1. The molecule has 0 unspecified atom stereocenters. The van der Waals surface area contributed by atoms with Crippen molar-refractivity contribution in [2.75, 3.05) is 6.61 Å². The van der Waals surface area contributed by atoms with Crippen LogP contribution in [0.15, 0.2) is 24.3 Å². The molecule has 1 amide bonds. The SMILES string of the molecule is C[C@@H](OC(=O)[C@@H]1COc2ccccc2O1)C(=O)N[C@@H]1CCCC[C@@H]1C. The zero-order valence-corrected chi connectivity index (χ0v) is 14.7. The standard InChI is InChI=1S/C19H25NO5/c1-12-7-3-4-8-14(12)20-18(21)13(2)24-19(22)17-11-23-15-9-5-6-10-16(15)25-17/h5-6,9-10,12-14,17H,3-4,7-8,11H2,1-2H3,(H,20,21)/t12-,13+,14+,17-/m0/s1. The van der Waals surface area contributed by atoms with E-state index in [1.165, 1.54) is 6.42 Å². The lowest BCUT2D eigenvalue weighted by Crippen LogP contribution is -2.47. The first-order valence-corrected chi connectivity index (χ1v) is 8.94. The Hall–Kier alpha value is -2.24. The van der Waals surface area contributed by atoms with E-state index in [0.717, 1.165) is 19.3 Å². The summed E-state index contributed by atoms with van der Waals surface area (Å²) >= 11 is 0. The molecule has 1 aromatic carbocycles. The largest absolute Gasteiger partial charge is 0.485 e. The maximum Gasteiger partial charge on any atom is 0.351 e. The van der Waals surface area contributed by atoms with Gasteiger partial charge in [0.2, 0.25) is 6.10 Å². The molecule has 1 fully saturated rings. The Morgan fingerprint density at radius 2 is 1.92 bits per heavy atom. The molecular weight excluding hydrogens is 322 g/mol. The van der Waals surface area contributed by atoms with Crippen molar-refractivity contribution in [1.29, 1.82) is 0 Å². The van der Waals surface area contributed by atoms with Crippen LogP contribution in [-0.4, -0.2) is 36.7 Å². The number of carbonyl (C=O) groups excluding carboxylic acids is 2. The number of para-hydroxylation sites is 2. The van der Waals surface area contributed by atoms with Gasteiger partial charge < -0.3 is 19.5 Å². The van der Waals surface area contributed by atoms with Crippen molar-refractivity contribution in [2.24, 2.45) is 5.92 Å². The number of carbonyl (C=O) groups is 2. The summed E-state index contributed by atoms with van der Waals surface area (Å²) in [4.78, 5) is 24.6. The summed E-state index contributed by atoms with van der Waals surface area (Å²) in [5.74, 6) is 0.706. The quantitative estimate of drug-likeness (QED) is 0.847. The summed E-state index contributed by atoms with van der Waals surface area (Å²) in [5.41, 5.74) is 0. The number of fused-ring (bicyclic) bond motifs is 1. The summed E-state index contributed by atoms with van der Waals surface area (Å²) in [6.07, 6.45) is 2.70. The topological polar surface area (TPSA) is 73.9 Å². The van der Waals surface area contributed by atoms with Gasteiger partial charge in [-0.15, -0.1) is 0 Å². The van der Waals surface area contributed by atoms with E-state index < -0.39 is 18.2 Å². The van der Waals surface area contributed by atoms with Crippen molar-refractivity contribution < 1.29 is 23.8 Å². The third-order valence-electron chi connectivity index (χ3n) is 4.87. The van der Waals surface area contributed by atoms with Crippen molar-refractivity contribution in [3.63, 3.8) is 0 Å². The van der Waals surface area contributed by atoms with E-state index in [2.05, 4.69) is 12.2 Å². The first kappa shape index (κ1) is 17.6. The molecule has 0 spiro atoms. The minimum Gasteiger partial charge on any atom is -0.485 e. The smallest absolute Gasteiger partial charge is 0.351 e. The van der Waals surface area contributed by atoms with Gasteiger partial charge in [-0.05, 0) is 37.8 Å². The Morgan fingerprint density at radius 3 is 2.68 bits per heavy atom. The van der Waals surface area contributed by atoms with Crippen LogP contribution in [0, 0.1) is 5.92 Å². The van der Waals surface area contributed by atoms with E-state index in [4.69, 9.17) is 14.2 Å². The Bertz CT molecular complexity index is 632. The van der Waals surface area contributed by atoms with Crippen LogP contribution in [0.5, 0.6) is 11.5 Å². The molecule has 1 saturated carbocycles. The van der Waals surface area contributed by atoms with Gasteiger partial charge in [-0.2, -0.15) is 0 Å². The van der Waals surface area contributed by atoms with Gasteiger partial charge >= 0.3 is 5.97 Å². The summed E-state index contributed by atoms with van der Waals surface area (Å²) in [7, 11) is 0. The first-order valence-electron chi connectivity index (χ1n) is 8.94. The second kappa shape index (κ2) is 7.76. The van der Waals surface area contributed by atoms with E-state index in [1.807, 2.05) is 6.07 Å². The van der Waals surface area contributed by atoms with Crippen LogP contribution in [0.25, 0.3) is 0 Å². The third kappa shape index (κ3) is 4.24. The number of esters is 1. The molecule has 0 bridgehead atoms. The number of nitrogens with one attached hydrogen (secondary N) is 1. The van der Waals surface area contributed by atoms with Crippen LogP contribution < -0.4 is 14.8 Å². The Morgan fingerprint density at radius 1 is 1.20 bits per heavy atom. The molecule has 25 heavy (non-hydrogen) atoms. The van der Waals surface area contributed by atoms with Gasteiger partial charge in [-0.25, -0.2) is 4.79 Å². The molecule has 1 heterocycles. The minimum absolute atomic E-state index is 0.0733. The van der Waals surface area contributed by atoms with Crippen LogP contribution in [0.4, 0.5) is 0 Å². The van der Waals surface area contributed by atoms with E-state index in [-0.39, 0.29) is 18.6 Å². The minimum atomic E-state index is -0.862.